The quantitative estimate of drug-likeness (QED) is 0.363. The molecule has 0 bridgehead atoms. The van der Waals surface area contributed by atoms with Gasteiger partial charge < -0.3 is 4.74 Å². The molecule has 6 nitrogen and oxygen atoms in total. The highest BCUT2D eigenvalue weighted by Crippen LogP contribution is 2.06. The summed E-state index contributed by atoms with van der Waals surface area (Å²) >= 11 is 4.81. The first-order valence-corrected chi connectivity index (χ1v) is 4.72. The Bertz CT molecular complexity index is 236. The molecule has 0 aromatic rings. The maximum absolute atomic E-state index is 11.2. The number of nitrogens with one attached hydrogen (secondary N) is 4. The molecular formula is C7H14N4O2S. The third kappa shape index (κ3) is 3.09. The van der Waals surface area contributed by atoms with E-state index in [-0.39, 0.29) is 12.4 Å². The maximum atomic E-state index is 11.2. The highest BCUT2D eigenvalue weighted by atomic mass is 32.1. The first-order valence-electron chi connectivity index (χ1n) is 4.32. The second-order valence-corrected chi connectivity index (χ2v) is 3.55. The summed E-state index contributed by atoms with van der Waals surface area (Å²) in [4.78, 5) is 11.2. The number of thiocarbonyl (C=S) groups is 1. The van der Waals surface area contributed by atoms with Gasteiger partial charge in [0.05, 0.1) is 13.0 Å². The van der Waals surface area contributed by atoms with Crippen molar-refractivity contribution >= 4 is 23.3 Å². The van der Waals surface area contributed by atoms with Crippen LogP contribution in [0.2, 0.25) is 0 Å². The van der Waals surface area contributed by atoms with Gasteiger partial charge in [-0.05, 0) is 26.1 Å². The highest BCUT2D eigenvalue weighted by molar-refractivity contribution is 7.80. The molecule has 1 heterocycles. The maximum Gasteiger partial charge on any atom is 0.309 e. The van der Waals surface area contributed by atoms with Crippen LogP contribution in [0, 0.1) is 0 Å². The van der Waals surface area contributed by atoms with Gasteiger partial charge in [0, 0.05) is 0 Å². The van der Waals surface area contributed by atoms with Crippen molar-refractivity contribution in [2.24, 2.45) is 0 Å². The number of carbonyl (C=O) groups is 1. The molecule has 14 heavy (non-hydrogen) atoms. The number of ether oxygens (including phenoxy) is 1. The minimum atomic E-state index is -0.603. The minimum absolute atomic E-state index is 0.198. The van der Waals surface area contributed by atoms with Crippen molar-refractivity contribution < 1.29 is 9.53 Å². The predicted octanol–water partition coefficient (Wildman–Crippen LogP) is -0.857. The molecule has 0 radical (unpaired) electrons. The van der Waals surface area contributed by atoms with Crippen molar-refractivity contribution in [1.29, 1.82) is 0 Å². The molecule has 80 valence electrons. The first kappa shape index (κ1) is 11.2. The van der Waals surface area contributed by atoms with Crippen molar-refractivity contribution in [3.05, 3.63) is 0 Å². The van der Waals surface area contributed by atoms with Gasteiger partial charge in [0.15, 0.2) is 5.11 Å². The van der Waals surface area contributed by atoms with E-state index in [1.165, 1.54) is 0 Å². The van der Waals surface area contributed by atoms with E-state index in [4.69, 9.17) is 17.0 Å². The average Bonchev–Trinajstić information content (AvgIpc) is 2.11. The summed E-state index contributed by atoms with van der Waals surface area (Å²) in [6.07, 6.45) is 0.198. The first-order chi connectivity index (χ1) is 6.56. The number of rotatable bonds is 3. The minimum Gasteiger partial charge on any atom is -0.466 e. The van der Waals surface area contributed by atoms with E-state index >= 15 is 0 Å². The standard InChI is InChI=1S/C7H14N4O2S/c1-3-13-5(12)4-7(2)10-8-6(14)9-11-7/h10-11H,3-4H2,1-2H3,(H2,8,9,14). The Morgan fingerprint density at radius 2 is 2.07 bits per heavy atom. The highest BCUT2D eigenvalue weighted by Gasteiger charge is 2.30. The van der Waals surface area contributed by atoms with Crippen LogP contribution in [0.1, 0.15) is 20.3 Å². The fraction of sp³-hybridized carbons (Fsp3) is 0.714. The van der Waals surface area contributed by atoms with Crippen LogP contribution in [0.25, 0.3) is 0 Å². The summed E-state index contributed by atoms with van der Waals surface area (Å²) in [6, 6.07) is 0. The zero-order valence-electron chi connectivity index (χ0n) is 8.14. The summed E-state index contributed by atoms with van der Waals surface area (Å²) < 4.78 is 4.83. The number of hydrogen-bond acceptors (Lipinski definition) is 5. The van der Waals surface area contributed by atoms with Crippen LogP contribution in [0.5, 0.6) is 0 Å². The number of hydrazine groups is 2. The monoisotopic (exact) mass is 218 g/mol. The molecule has 1 fully saturated rings. The third-order valence-corrected chi connectivity index (χ3v) is 1.91. The van der Waals surface area contributed by atoms with Crippen molar-refractivity contribution in [3.63, 3.8) is 0 Å². The zero-order chi connectivity index (χ0) is 10.6. The second-order valence-electron chi connectivity index (χ2n) is 3.14. The van der Waals surface area contributed by atoms with Gasteiger partial charge in [-0.2, -0.15) is 0 Å². The van der Waals surface area contributed by atoms with Crippen molar-refractivity contribution in [1.82, 2.24) is 21.7 Å². The van der Waals surface area contributed by atoms with Gasteiger partial charge in [-0.3, -0.25) is 15.6 Å². The van der Waals surface area contributed by atoms with E-state index in [0.717, 1.165) is 0 Å². The van der Waals surface area contributed by atoms with Crippen LogP contribution < -0.4 is 21.7 Å². The van der Waals surface area contributed by atoms with Crippen LogP contribution in [0.15, 0.2) is 0 Å². The average molecular weight is 218 g/mol. The molecule has 1 saturated heterocycles. The Labute approximate surface area is 87.7 Å². The lowest BCUT2D eigenvalue weighted by molar-refractivity contribution is -0.145. The lowest BCUT2D eigenvalue weighted by Crippen LogP contribution is -2.73. The van der Waals surface area contributed by atoms with Gasteiger partial charge in [-0.1, -0.05) is 0 Å². The lowest BCUT2D eigenvalue weighted by atomic mass is 10.1. The number of carbonyl (C=O) groups excluding carboxylic acids is 1. The van der Waals surface area contributed by atoms with Crippen molar-refractivity contribution in [3.8, 4) is 0 Å². The van der Waals surface area contributed by atoms with E-state index in [9.17, 15) is 4.79 Å². The fourth-order valence-corrected chi connectivity index (χ4v) is 1.14. The van der Waals surface area contributed by atoms with E-state index in [0.29, 0.717) is 11.7 Å². The molecule has 0 saturated carbocycles. The lowest BCUT2D eigenvalue weighted by Gasteiger charge is -2.36. The van der Waals surface area contributed by atoms with E-state index in [1.54, 1.807) is 6.92 Å². The molecule has 0 atom stereocenters. The predicted molar refractivity (Wildman–Crippen MR) is 54.8 cm³/mol. The second kappa shape index (κ2) is 4.54. The third-order valence-electron chi connectivity index (χ3n) is 1.71. The Morgan fingerprint density at radius 1 is 1.50 bits per heavy atom. The molecule has 1 aliphatic rings. The molecular weight excluding hydrogens is 204 g/mol. The van der Waals surface area contributed by atoms with Crippen molar-refractivity contribution in [2.45, 2.75) is 25.9 Å². The van der Waals surface area contributed by atoms with E-state index in [2.05, 4.69) is 21.7 Å². The van der Waals surface area contributed by atoms with Crippen molar-refractivity contribution in [2.75, 3.05) is 6.61 Å². The fourth-order valence-electron chi connectivity index (χ4n) is 1.04. The van der Waals surface area contributed by atoms with Crippen LogP contribution in [-0.4, -0.2) is 23.4 Å². The summed E-state index contributed by atoms with van der Waals surface area (Å²) in [7, 11) is 0. The molecule has 0 amide bonds. The molecule has 0 aromatic heterocycles. The van der Waals surface area contributed by atoms with Gasteiger partial charge in [-0.25, -0.2) is 10.9 Å². The molecule has 1 aliphatic heterocycles. The molecule has 7 heteroatoms. The van der Waals surface area contributed by atoms with Gasteiger partial charge >= 0.3 is 5.97 Å². The van der Waals surface area contributed by atoms with Crippen LogP contribution >= 0.6 is 12.2 Å². The van der Waals surface area contributed by atoms with E-state index < -0.39 is 5.66 Å². The Kier molecular flexibility index (Phi) is 3.62. The van der Waals surface area contributed by atoms with Crippen LogP contribution in [0.3, 0.4) is 0 Å². The van der Waals surface area contributed by atoms with E-state index in [1.807, 2.05) is 6.92 Å². The summed E-state index contributed by atoms with van der Waals surface area (Å²) in [5.41, 5.74) is 10.6. The molecule has 0 unspecified atom stereocenters. The normalized spacial score (nSPS) is 19.4. The number of esters is 1. The zero-order valence-corrected chi connectivity index (χ0v) is 8.96. The summed E-state index contributed by atoms with van der Waals surface area (Å²) in [5.74, 6) is -0.272. The smallest absolute Gasteiger partial charge is 0.309 e. The molecule has 0 spiro atoms. The van der Waals surface area contributed by atoms with Gasteiger partial charge in [0.25, 0.3) is 0 Å². The molecule has 1 rings (SSSR count). The van der Waals surface area contributed by atoms with Crippen LogP contribution in [-0.2, 0) is 9.53 Å². The molecule has 0 aliphatic carbocycles. The molecule has 0 aromatic carbocycles. The van der Waals surface area contributed by atoms with Crippen LogP contribution in [0.4, 0.5) is 0 Å². The van der Waals surface area contributed by atoms with Gasteiger partial charge in [-0.15, -0.1) is 0 Å². The SMILES string of the molecule is CCOC(=O)CC1(C)NNC(=S)NN1. The summed E-state index contributed by atoms with van der Waals surface area (Å²) in [6.45, 7) is 3.97. The Morgan fingerprint density at radius 3 is 2.57 bits per heavy atom. The summed E-state index contributed by atoms with van der Waals surface area (Å²) in [5, 5.41) is 0.436. The Balaban J connectivity index is 2.42. The van der Waals surface area contributed by atoms with Gasteiger partial charge in [0.1, 0.15) is 5.66 Å². The topological polar surface area (TPSA) is 74.4 Å². The molecule has 4 N–H and O–H groups in total. The Hall–Kier alpha value is -0.920. The largest absolute Gasteiger partial charge is 0.466 e. The number of hydrogen-bond donors (Lipinski definition) is 4. The van der Waals surface area contributed by atoms with Gasteiger partial charge in [0.2, 0.25) is 0 Å².